The van der Waals surface area contributed by atoms with E-state index < -0.39 is 0 Å². The van der Waals surface area contributed by atoms with E-state index in [0.29, 0.717) is 5.69 Å². The molecule has 0 aliphatic carbocycles. The van der Waals surface area contributed by atoms with Gasteiger partial charge in [-0.2, -0.15) is 0 Å². The van der Waals surface area contributed by atoms with Crippen LogP contribution in [-0.4, -0.2) is 4.98 Å². The van der Waals surface area contributed by atoms with Gasteiger partial charge in [-0.25, -0.2) is 4.98 Å². The van der Waals surface area contributed by atoms with Crippen LogP contribution in [0.25, 0.3) is 11.3 Å². The smallest absolute Gasteiger partial charge is 0.113 e. The Kier molecular flexibility index (Phi) is 2.29. The van der Waals surface area contributed by atoms with Gasteiger partial charge in [-0.1, -0.05) is 42.3 Å². The lowest BCUT2D eigenvalue weighted by molar-refractivity contribution is 1.29. The first-order valence-electron chi connectivity index (χ1n) is 4.39. The van der Waals surface area contributed by atoms with Crippen LogP contribution in [0.2, 0.25) is 0 Å². The minimum atomic E-state index is 0.673. The van der Waals surface area contributed by atoms with E-state index in [0.717, 1.165) is 11.3 Å². The highest BCUT2D eigenvalue weighted by atomic mass is 14.7. The summed E-state index contributed by atoms with van der Waals surface area (Å²) < 4.78 is 0. The Bertz CT molecular complexity index is 466. The summed E-state index contributed by atoms with van der Waals surface area (Å²) in [7, 11) is 0. The highest BCUT2D eigenvalue weighted by molar-refractivity contribution is 5.59. The molecule has 0 aliphatic rings. The average molecular weight is 179 g/mol. The summed E-state index contributed by atoms with van der Waals surface area (Å²) in [6, 6.07) is 15.7. The van der Waals surface area contributed by atoms with Crippen LogP contribution in [0.3, 0.4) is 0 Å². The van der Waals surface area contributed by atoms with Crippen LogP contribution >= 0.6 is 0 Å². The molecule has 2 aromatic rings. The molecule has 0 aliphatic heterocycles. The zero-order valence-corrected chi connectivity index (χ0v) is 7.64. The van der Waals surface area contributed by atoms with Gasteiger partial charge in [-0.15, -0.1) is 6.42 Å². The van der Waals surface area contributed by atoms with Crippen molar-refractivity contribution in [2.75, 3.05) is 0 Å². The lowest BCUT2D eigenvalue weighted by atomic mass is 10.1. The van der Waals surface area contributed by atoms with Crippen molar-refractivity contribution in [1.82, 2.24) is 4.98 Å². The predicted octanol–water partition coefficient (Wildman–Crippen LogP) is 2.73. The van der Waals surface area contributed by atoms with E-state index in [-0.39, 0.29) is 0 Å². The second-order valence-corrected chi connectivity index (χ2v) is 2.92. The van der Waals surface area contributed by atoms with E-state index in [1.807, 2.05) is 48.5 Å². The Morgan fingerprint density at radius 3 is 2.43 bits per heavy atom. The molecule has 0 radical (unpaired) electrons. The maximum atomic E-state index is 5.28. The molecule has 0 N–H and O–H groups in total. The molecule has 1 aromatic carbocycles. The molecule has 0 fully saturated rings. The topological polar surface area (TPSA) is 12.9 Å². The van der Waals surface area contributed by atoms with Crippen molar-refractivity contribution in [2.45, 2.75) is 0 Å². The normalized spacial score (nSPS) is 9.36. The molecule has 1 heterocycles. The summed E-state index contributed by atoms with van der Waals surface area (Å²) in [6.07, 6.45) is 5.28. The Morgan fingerprint density at radius 1 is 0.929 bits per heavy atom. The molecule has 0 saturated heterocycles. The van der Waals surface area contributed by atoms with Gasteiger partial charge in [-0.3, -0.25) is 0 Å². The summed E-state index contributed by atoms with van der Waals surface area (Å²) in [6.45, 7) is 0. The summed E-state index contributed by atoms with van der Waals surface area (Å²) in [4.78, 5) is 4.33. The van der Waals surface area contributed by atoms with Crippen LogP contribution in [0.4, 0.5) is 0 Å². The summed E-state index contributed by atoms with van der Waals surface area (Å²) in [5.41, 5.74) is 2.68. The third-order valence-electron chi connectivity index (χ3n) is 1.97. The van der Waals surface area contributed by atoms with Crippen LogP contribution in [-0.2, 0) is 0 Å². The molecule has 66 valence electrons. The van der Waals surface area contributed by atoms with E-state index in [1.54, 1.807) is 0 Å². The fourth-order valence-electron chi connectivity index (χ4n) is 1.28. The van der Waals surface area contributed by atoms with Crippen molar-refractivity contribution < 1.29 is 0 Å². The molecule has 0 amide bonds. The van der Waals surface area contributed by atoms with Gasteiger partial charge in [0.2, 0.25) is 0 Å². The number of rotatable bonds is 1. The molecule has 1 heteroatoms. The average Bonchev–Trinajstić information content (AvgIpc) is 2.30. The number of aromatic nitrogens is 1. The SMILES string of the molecule is C#Cc1cccc(-c2ccccc2)n1. The Labute approximate surface area is 83.4 Å². The minimum absolute atomic E-state index is 0.673. The zero-order valence-electron chi connectivity index (χ0n) is 7.64. The second-order valence-electron chi connectivity index (χ2n) is 2.92. The number of hydrogen-bond acceptors (Lipinski definition) is 1. The van der Waals surface area contributed by atoms with Crippen LogP contribution in [0, 0.1) is 12.3 Å². The highest BCUT2D eigenvalue weighted by Gasteiger charge is 1.97. The Morgan fingerprint density at radius 2 is 1.71 bits per heavy atom. The molecule has 2 rings (SSSR count). The molecule has 0 saturated carbocycles. The van der Waals surface area contributed by atoms with Crippen LogP contribution in [0.5, 0.6) is 0 Å². The van der Waals surface area contributed by atoms with Crippen molar-refractivity contribution >= 4 is 0 Å². The number of terminal acetylenes is 1. The predicted molar refractivity (Wildman–Crippen MR) is 57.6 cm³/mol. The largest absolute Gasteiger partial charge is 0.239 e. The first-order valence-corrected chi connectivity index (χ1v) is 4.39. The van der Waals surface area contributed by atoms with Crippen molar-refractivity contribution in [2.24, 2.45) is 0 Å². The maximum Gasteiger partial charge on any atom is 0.113 e. The quantitative estimate of drug-likeness (QED) is 0.613. The molecule has 0 atom stereocenters. The molecule has 0 bridgehead atoms. The lowest BCUT2D eigenvalue weighted by Gasteiger charge is -1.99. The number of nitrogens with zero attached hydrogens (tertiary/aromatic N) is 1. The van der Waals surface area contributed by atoms with Gasteiger partial charge in [0.1, 0.15) is 5.69 Å². The van der Waals surface area contributed by atoms with E-state index in [2.05, 4.69) is 10.9 Å². The minimum Gasteiger partial charge on any atom is -0.239 e. The highest BCUT2D eigenvalue weighted by Crippen LogP contribution is 2.15. The van der Waals surface area contributed by atoms with E-state index in [4.69, 9.17) is 6.42 Å². The Hall–Kier alpha value is -2.07. The van der Waals surface area contributed by atoms with Gasteiger partial charge in [0.15, 0.2) is 0 Å². The molecular formula is C13H9N. The molecule has 1 nitrogen and oxygen atoms in total. The van der Waals surface area contributed by atoms with E-state index in [1.165, 1.54) is 0 Å². The van der Waals surface area contributed by atoms with Crippen LogP contribution in [0.1, 0.15) is 5.69 Å². The maximum absolute atomic E-state index is 5.28. The second kappa shape index (κ2) is 3.76. The molecule has 0 unspecified atom stereocenters. The van der Waals surface area contributed by atoms with Crippen LogP contribution in [0.15, 0.2) is 48.5 Å². The van der Waals surface area contributed by atoms with Crippen molar-refractivity contribution in [1.29, 1.82) is 0 Å². The van der Waals surface area contributed by atoms with Crippen molar-refractivity contribution in [3.63, 3.8) is 0 Å². The van der Waals surface area contributed by atoms with Gasteiger partial charge >= 0.3 is 0 Å². The number of pyridine rings is 1. The van der Waals surface area contributed by atoms with Crippen LogP contribution < -0.4 is 0 Å². The van der Waals surface area contributed by atoms with Gasteiger partial charge in [0, 0.05) is 5.56 Å². The van der Waals surface area contributed by atoms with Gasteiger partial charge in [0.05, 0.1) is 5.69 Å². The van der Waals surface area contributed by atoms with Gasteiger partial charge in [0.25, 0.3) is 0 Å². The fraction of sp³-hybridized carbons (Fsp3) is 0. The summed E-state index contributed by atoms with van der Waals surface area (Å²) in [5.74, 6) is 2.53. The lowest BCUT2D eigenvalue weighted by Crippen LogP contribution is -1.86. The zero-order chi connectivity index (χ0) is 9.80. The molecular weight excluding hydrogens is 170 g/mol. The molecule has 0 spiro atoms. The number of hydrogen-bond donors (Lipinski definition) is 0. The van der Waals surface area contributed by atoms with Gasteiger partial charge in [-0.05, 0) is 12.1 Å². The standard InChI is InChI=1S/C13H9N/c1-2-12-9-6-10-13(14-12)11-7-4-3-5-8-11/h1,3-10H. The van der Waals surface area contributed by atoms with E-state index >= 15 is 0 Å². The van der Waals surface area contributed by atoms with Gasteiger partial charge < -0.3 is 0 Å². The van der Waals surface area contributed by atoms with E-state index in [9.17, 15) is 0 Å². The third kappa shape index (κ3) is 1.65. The summed E-state index contributed by atoms with van der Waals surface area (Å²) >= 11 is 0. The fourth-order valence-corrected chi connectivity index (χ4v) is 1.28. The first kappa shape index (κ1) is 8.52. The number of benzene rings is 1. The van der Waals surface area contributed by atoms with Crippen molar-refractivity contribution in [3.05, 3.63) is 54.2 Å². The first-order chi connectivity index (χ1) is 6.90. The third-order valence-corrected chi connectivity index (χ3v) is 1.97. The van der Waals surface area contributed by atoms with Crippen molar-refractivity contribution in [3.8, 4) is 23.6 Å². The molecule has 14 heavy (non-hydrogen) atoms. The molecule has 1 aromatic heterocycles. The Balaban J connectivity index is 2.49. The summed E-state index contributed by atoms with van der Waals surface area (Å²) in [5, 5.41) is 0. The monoisotopic (exact) mass is 179 g/mol.